The lowest BCUT2D eigenvalue weighted by Crippen LogP contribution is -2.49. The molecule has 1 aromatic carbocycles. The fraction of sp³-hybridized carbons (Fsp3) is 0.588. The third-order valence-electron chi connectivity index (χ3n) is 3.27. The summed E-state index contributed by atoms with van der Waals surface area (Å²) in [6.07, 6.45) is 1.20. The quantitative estimate of drug-likeness (QED) is 0.796. The molecule has 0 unspecified atom stereocenters. The van der Waals surface area contributed by atoms with Crippen molar-refractivity contribution in [3.8, 4) is 0 Å². The standard InChI is InChI=1S/C12H17FN2S.C5H11NO2/c1-9-8-15(7-6-14-9)11-5-3-4-10(13)12(11)16-2;1-5(2,3)8-4(6)7/h3-5,9,14H,6-8H2,1-2H3;1-3H3,(H2,6,7)/t9-;/m0./s1. The van der Waals surface area contributed by atoms with Gasteiger partial charge in [0.05, 0.1) is 10.6 Å². The molecule has 2 rings (SSSR count). The van der Waals surface area contributed by atoms with E-state index in [1.54, 1.807) is 26.8 Å². The van der Waals surface area contributed by atoms with E-state index in [0.717, 1.165) is 30.2 Å². The van der Waals surface area contributed by atoms with E-state index in [1.165, 1.54) is 17.8 Å². The molecule has 3 N–H and O–H groups in total. The van der Waals surface area contributed by atoms with Crippen molar-refractivity contribution in [3.63, 3.8) is 0 Å². The fourth-order valence-corrected chi connectivity index (χ4v) is 3.07. The second kappa shape index (κ2) is 9.13. The van der Waals surface area contributed by atoms with Crippen LogP contribution in [0.25, 0.3) is 0 Å². The first kappa shape index (κ1) is 20.6. The summed E-state index contributed by atoms with van der Waals surface area (Å²) in [7, 11) is 0. The van der Waals surface area contributed by atoms with Crippen LogP contribution in [0.2, 0.25) is 0 Å². The summed E-state index contributed by atoms with van der Waals surface area (Å²) >= 11 is 1.48. The maximum absolute atomic E-state index is 13.6. The smallest absolute Gasteiger partial charge is 0.405 e. The van der Waals surface area contributed by atoms with Crippen molar-refractivity contribution < 1.29 is 13.9 Å². The molecule has 1 aliphatic heterocycles. The number of nitrogens with one attached hydrogen (secondary N) is 1. The molecule has 5 nitrogen and oxygen atoms in total. The van der Waals surface area contributed by atoms with Gasteiger partial charge in [-0.25, -0.2) is 9.18 Å². The minimum atomic E-state index is -0.725. The number of carbonyl (C=O) groups excluding carboxylic acids is 1. The van der Waals surface area contributed by atoms with Crippen LogP contribution < -0.4 is 16.0 Å². The number of primary amides is 1. The largest absolute Gasteiger partial charge is 0.444 e. The van der Waals surface area contributed by atoms with Crippen LogP contribution >= 0.6 is 11.8 Å². The number of ether oxygens (including phenoxy) is 1. The van der Waals surface area contributed by atoms with Gasteiger partial charge in [0.25, 0.3) is 0 Å². The van der Waals surface area contributed by atoms with Gasteiger partial charge < -0.3 is 20.7 Å². The van der Waals surface area contributed by atoms with Crippen molar-refractivity contribution >= 4 is 23.5 Å². The van der Waals surface area contributed by atoms with Gasteiger partial charge in [-0.3, -0.25) is 0 Å². The van der Waals surface area contributed by atoms with Crippen molar-refractivity contribution in [2.75, 3.05) is 30.8 Å². The SMILES string of the molecule is CC(C)(C)OC(N)=O.CSc1c(F)cccc1N1CCN[C@@H](C)C1. The van der Waals surface area contributed by atoms with Crippen molar-refractivity contribution in [2.45, 2.75) is 44.2 Å². The number of nitrogens with zero attached hydrogens (tertiary/aromatic N) is 1. The van der Waals surface area contributed by atoms with Crippen molar-refractivity contribution in [1.82, 2.24) is 5.32 Å². The van der Waals surface area contributed by atoms with Crippen LogP contribution in [-0.2, 0) is 4.74 Å². The van der Waals surface area contributed by atoms with Crippen LogP contribution in [0.4, 0.5) is 14.9 Å². The predicted molar refractivity (Wildman–Crippen MR) is 98.3 cm³/mol. The molecule has 1 saturated heterocycles. The maximum Gasteiger partial charge on any atom is 0.405 e. The van der Waals surface area contributed by atoms with Crippen molar-refractivity contribution in [2.24, 2.45) is 5.73 Å². The van der Waals surface area contributed by atoms with Crippen LogP contribution in [0.5, 0.6) is 0 Å². The molecule has 0 radical (unpaired) electrons. The van der Waals surface area contributed by atoms with Crippen LogP contribution in [0.15, 0.2) is 23.1 Å². The summed E-state index contributed by atoms with van der Waals surface area (Å²) in [5, 5.41) is 3.39. The lowest BCUT2D eigenvalue weighted by Gasteiger charge is -2.34. The van der Waals surface area contributed by atoms with Crippen LogP contribution in [0.3, 0.4) is 0 Å². The second-order valence-corrected chi connectivity index (χ2v) is 7.44. The van der Waals surface area contributed by atoms with E-state index in [-0.39, 0.29) is 5.82 Å². The van der Waals surface area contributed by atoms with Crippen LogP contribution in [0.1, 0.15) is 27.7 Å². The van der Waals surface area contributed by atoms with Gasteiger partial charge in [-0.2, -0.15) is 0 Å². The van der Waals surface area contributed by atoms with Gasteiger partial charge in [-0.1, -0.05) is 6.07 Å². The Morgan fingerprint density at radius 1 is 1.46 bits per heavy atom. The average Bonchev–Trinajstić information content (AvgIpc) is 2.45. The van der Waals surface area contributed by atoms with E-state index in [9.17, 15) is 9.18 Å². The Morgan fingerprint density at radius 3 is 2.58 bits per heavy atom. The minimum absolute atomic E-state index is 0.115. The van der Waals surface area contributed by atoms with Crippen molar-refractivity contribution in [3.05, 3.63) is 24.0 Å². The maximum atomic E-state index is 13.6. The Labute approximate surface area is 148 Å². The molecular formula is C17H28FN3O2S. The molecule has 24 heavy (non-hydrogen) atoms. The molecule has 1 fully saturated rings. The molecule has 0 aromatic heterocycles. The molecular weight excluding hydrogens is 329 g/mol. The number of carbonyl (C=O) groups is 1. The first-order valence-corrected chi connectivity index (χ1v) is 9.16. The molecule has 1 heterocycles. The number of anilines is 1. The summed E-state index contributed by atoms with van der Waals surface area (Å²) < 4.78 is 18.2. The van der Waals surface area contributed by atoms with E-state index in [0.29, 0.717) is 6.04 Å². The van der Waals surface area contributed by atoms with Gasteiger partial charge in [0.15, 0.2) is 0 Å². The summed E-state index contributed by atoms with van der Waals surface area (Å²) in [4.78, 5) is 13.0. The van der Waals surface area contributed by atoms with Gasteiger partial charge in [0, 0.05) is 25.7 Å². The molecule has 1 aliphatic rings. The molecule has 136 valence electrons. The van der Waals surface area contributed by atoms with E-state index in [1.807, 2.05) is 12.3 Å². The Hall–Kier alpha value is -1.47. The number of thioether (sulfide) groups is 1. The number of amides is 1. The van der Waals surface area contributed by atoms with Gasteiger partial charge in [0.1, 0.15) is 11.4 Å². The van der Waals surface area contributed by atoms with Gasteiger partial charge in [-0.05, 0) is 46.1 Å². The molecule has 0 saturated carbocycles. The first-order chi connectivity index (χ1) is 11.1. The predicted octanol–water partition coefficient (Wildman–Crippen LogP) is 3.23. The van der Waals surface area contributed by atoms with Gasteiger partial charge >= 0.3 is 6.09 Å². The third-order valence-corrected chi connectivity index (χ3v) is 4.08. The topological polar surface area (TPSA) is 67.6 Å². The van der Waals surface area contributed by atoms with E-state index in [4.69, 9.17) is 5.73 Å². The monoisotopic (exact) mass is 357 g/mol. The zero-order chi connectivity index (χ0) is 18.3. The Morgan fingerprint density at radius 2 is 2.12 bits per heavy atom. The highest BCUT2D eigenvalue weighted by atomic mass is 32.2. The lowest BCUT2D eigenvalue weighted by molar-refractivity contribution is 0.0600. The molecule has 1 aromatic rings. The molecule has 0 aliphatic carbocycles. The average molecular weight is 357 g/mol. The molecule has 0 bridgehead atoms. The molecule has 1 atom stereocenters. The van der Waals surface area contributed by atoms with Gasteiger partial charge in [0.2, 0.25) is 0 Å². The Balaban J connectivity index is 0.000000307. The van der Waals surface area contributed by atoms with E-state index < -0.39 is 11.7 Å². The number of hydrogen-bond acceptors (Lipinski definition) is 5. The first-order valence-electron chi connectivity index (χ1n) is 7.93. The summed E-state index contributed by atoms with van der Waals surface area (Å²) in [5.41, 5.74) is 5.29. The zero-order valence-corrected chi connectivity index (χ0v) is 15.9. The minimum Gasteiger partial charge on any atom is -0.444 e. The normalized spacial score (nSPS) is 17.8. The second-order valence-electron chi connectivity index (χ2n) is 6.63. The molecule has 7 heteroatoms. The summed E-state index contributed by atoms with van der Waals surface area (Å²) in [6.45, 7) is 10.3. The number of piperazine rings is 1. The highest BCUT2D eigenvalue weighted by Crippen LogP contribution is 2.31. The van der Waals surface area contributed by atoms with E-state index in [2.05, 4.69) is 21.9 Å². The number of rotatable bonds is 2. The van der Waals surface area contributed by atoms with Crippen LogP contribution in [0, 0.1) is 5.82 Å². The van der Waals surface area contributed by atoms with Gasteiger partial charge in [-0.15, -0.1) is 11.8 Å². The lowest BCUT2D eigenvalue weighted by atomic mass is 10.2. The highest BCUT2D eigenvalue weighted by molar-refractivity contribution is 7.98. The molecule has 0 spiro atoms. The van der Waals surface area contributed by atoms with E-state index >= 15 is 0 Å². The van der Waals surface area contributed by atoms with Crippen LogP contribution in [-0.4, -0.2) is 43.6 Å². The fourth-order valence-electron chi connectivity index (χ4n) is 2.40. The molecule has 1 amide bonds. The highest BCUT2D eigenvalue weighted by Gasteiger charge is 2.19. The number of hydrogen-bond donors (Lipinski definition) is 2. The third kappa shape index (κ3) is 6.97. The Kier molecular flexibility index (Phi) is 7.83. The number of halogens is 1. The zero-order valence-electron chi connectivity index (χ0n) is 15.1. The Bertz CT molecular complexity index is 549. The summed E-state index contributed by atoms with van der Waals surface area (Å²) in [6, 6.07) is 5.79. The number of nitrogens with two attached hydrogens (primary N) is 1. The number of benzene rings is 1. The summed E-state index contributed by atoms with van der Waals surface area (Å²) in [5.74, 6) is -0.115. The van der Waals surface area contributed by atoms with Crippen molar-refractivity contribution in [1.29, 1.82) is 0 Å².